The van der Waals surface area contributed by atoms with Gasteiger partial charge in [-0.3, -0.25) is 9.69 Å². The van der Waals surface area contributed by atoms with Crippen LogP contribution in [0.4, 0.5) is 0 Å². The molecule has 0 aromatic heterocycles. The number of hydrogen-bond donors (Lipinski definition) is 3. The van der Waals surface area contributed by atoms with E-state index in [2.05, 4.69) is 0 Å². The third-order valence-electron chi connectivity index (χ3n) is 2.02. The van der Waals surface area contributed by atoms with Crippen LogP contribution in [-0.2, 0) is 14.3 Å². The molecule has 0 saturated carbocycles. The number of carbonyl (C=O) groups excluding carboxylic acids is 1. The number of aliphatic hydroxyl groups excluding tert-OH is 3. The molecule has 0 aliphatic rings. The summed E-state index contributed by atoms with van der Waals surface area (Å²) in [6.45, 7) is 5.38. The van der Waals surface area contributed by atoms with Crippen LogP contribution in [0.5, 0.6) is 0 Å². The fourth-order valence-corrected chi connectivity index (χ4v) is 1.31. The number of rotatable bonds is 9. The number of ether oxygens (including phenoxy) is 2. The maximum Gasteiger partial charge on any atom is 0.302 e. The van der Waals surface area contributed by atoms with Crippen LogP contribution in [0.15, 0.2) is 0 Å². The van der Waals surface area contributed by atoms with Crippen molar-refractivity contribution in [2.75, 3.05) is 53.2 Å². The second-order valence-electron chi connectivity index (χ2n) is 3.89. The molecule has 1 unspecified atom stereocenters. The van der Waals surface area contributed by atoms with Gasteiger partial charge in [0.15, 0.2) is 0 Å². The zero-order valence-corrected chi connectivity index (χ0v) is 12.0. The molecule has 0 aromatic rings. The lowest BCUT2D eigenvalue weighted by molar-refractivity contribution is -0.147. The molecule has 0 aliphatic carbocycles. The summed E-state index contributed by atoms with van der Waals surface area (Å²) < 4.78 is 9.45. The molecule has 0 heterocycles. The Morgan fingerprint density at radius 2 is 1.53 bits per heavy atom. The minimum atomic E-state index is -0.264. The highest BCUT2D eigenvalue weighted by Crippen LogP contribution is 1.90. The molecule has 116 valence electrons. The standard InChI is InChI=1S/C6H15NO3.C6H12O3/c8-4-1-7(2-5-9)3-6-10;1-5(4-8-3)9-6(2)7/h8-10H,1-6H2;5H,4H2,1-3H3. The van der Waals surface area contributed by atoms with E-state index in [-0.39, 0.29) is 31.9 Å². The Morgan fingerprint density at radius 3 is 1.79 bits per heavy atom. The smallest absolute Gasteiger partial charge is 0.302 e. The zero-order chi connectivity index (χ0) is 15.1. The lowest BCUT2D eigenvalue weighted by Gasteiger charge is -2.17. The molecule has 0 aromatic carbocycles. The summed E-state index contributed by atoms with van der Waals surface area (Å²) in [5.41, 5.74) is 0. The lowest BCUT2D eigenvalue weighted by Crippen LogP contribution is -2.32. The molecule has 7 heteroatoms. The number of aliphatic hydroxyl groups is 3. The van der Waals surface area contributed by atoms with E-state index in [0.29, 0.717) is 26.2 Å². The molecule has 0 aliphatic heterocycles. The highest BCUT2D eigenvalue weighted by atomic mass is 16.6. The van der Waals surface area contributed by atoms with Gasteiger partial charge in [0.25, 0.3) is 0 Å². The van der Waals surface area contributed by atoms with E-state index < -0.39 is 0 Å². The first-order chi connectivity index (χ1) is 9.01. The second kappa shape index (κ2) is 15.3. The normalized spacial score (nSPS) is 11.7. The number of esters is 1. The summed E-state index contributed by atoms with van der Waals surface area (Å²) in [5, 5.41) is 25.5. The Balaban J connectivity index is 0. The molecule has 0 saturated heterocycles. The van der Waals surface area contributed by atoms with Crippen molar-refractivity contribution in [2.24, 2.45) is 0 Å². The molecule has 0 amide bonds. The van der Waals surface area contributed by atoms with E-state index in [0.717, 1.165) is 0 Å². The van der Waals surface area contributed by atoms with Crippen LogP contribution < -0.4 is 0 Å². The van der Waals surface area contributed by atoms with Crippen molar-refractivity contribution in [3.05, 3.63) is 0 Å². The van der Waals surface area contributed by atoms with Gasteiger partial charge in [-0.25, -0.2) is 0 Å². The highest BCUT2D eigenvalue weighted by molar-refractivity contribution is 5.66. The molecule has 19 heavy (non-hydrogen) atoms. The van der Waals surface area contributed by atoms with Gasteiger partial charge in [-0.15, -0.1) is 0 Å². The van der Waals surface area contributed by atoms with Gasteiger partial charge in [-0.05, 0) is 6.92 Å². The Bertz CT molecular complexity index is 188. The van der Waals surface area contributed by atoms with Crippen molar-refractivity contribution in [1.82, 2.24) is 4.90 Å². The van der Waals surface area contributed by atoms with Crippen LogP contribution in [0.1, 0.15) is 13.8 Å². The van der Waals surface area contributed by atoms with Gasteiger partial charge < -0.3 is 24.8 Å². The molecule has 0 spiro atoms. The van der Waals surface area contributed by atoms with Crippen molar-refractivity contribution in [3.63, 3.8) is 0 Å². The zero-order valence-electron chi connectivity index (χ0n) is 12.0. The monoisotopic (exact) mass is 281 g/mol. The van der Waals surface area contributed by atoms with Gasteiger partial charge in [-0.2, -0.15) is 0 Å². The molecule has 3 N–H and O–H groups in total. The van der Waals surface area contributed by atoms with Crippen molar-refractivity contribution in [3.8, 4) is 0 Å². The van der Waals surface area contributed by atoms with Crippen LogP contribution >= 0.6 is 0 Å². The fraction of sp³-hybridized carbons (Fsp3) is 0.917. The maximum atomic E-state index is 10.3. The molecule has 1 atom stereocenters. The predicted octanol–water partition coefficient (Wildman–Crippen LogP) is -1.15. The van der Waals surface area contributed by atoms with E-state index >= 15 is 0 Å². The first-order valence-corrected chi connectivity index (χ1v) is 6.22. The lowest BCUT2D eigenvalue weighted by atomic mass is 10.4. The minimum absolute atomic E-state index is 0.0694. The van der Waals surface area contributed by atoms with Gasteiger partial charge in [0.2, 0.25) is 0 Å². The summed E-state index contributed by atoms with van der Waals surface area (Å²) >= 11 is 0. The topological polar surface area (TPSA) is 99.5 Å². The summed E-state index contributed by atoms with van der Waals surface area (Å²) in [5.74, 6) is -0.264. The molecule has 0 rings (SSSR count). The van der Waals surface area contributed by atoms with Crippen LogP contribution in [-0.4, -0.2) is 85.5 Å². The summed E-state index contributed by atoms with van der Waals surface area (Å²) in [6, 6.07) is 0. The third-order valence-corrected chi connectivity index (χ3v) is 2.02. The molecule has 7 nitrogen and oxygen atoms in total. The molecule has 0 bridgehead atoms. The Morgan fingerprint density at radius 1 is 1.11 bits per heavy atom. The van der Waals surface area contributed by atoms with Crippen molar-refractivity contribution in [1.29, 1.82) is 0 Å². The summed E-state index contributed by atoms with van der Waals surface area (Å²) in [6.07, 6.45) is -0.132. The van der Waals surface area contributed by atoms with Gasteiger partial charge in [0, 0.05) is 33.7 Å². The van der Waals surface area contributed by atoms with E-state index in [4.69, 9.17) is 24.8 Å². The van der Waals surface area contributed by atoms with E-state index in [9.17, 15) is 4.79 Å². The van der Waals surface area contributed by atoms with E-state index in [1.165, 1.54) is 6.92 Å². The first kappa shape index (κ1) is 20.6. The van der Waals surface area contributed by atoms with Gasteiger partial charge >= 0.3 is 5.97 Å². The molecular formula is C12H27NO6. The number of carbonyl (C=O) groups is 1. The average molecular weight is 281 g/mol. The molecular weight excluding hydrogens is 254 g/mol. The SMILES string of the molecule is COCC(C)OC(C)=O.OCCN(CCO)CCO. The minimum Gasteiger partial charge on any atom is -0.460 e. The fourth-order valence-electron chi connectivity index (χ4n) is 1.31. The third kappa shape index (κ3) is 17.3. The molecule has 0 fully saturated rings. The summed E-state index contributed by atoms with van der Waals surface area (Å²) in [7, 11) is 1.57. The number of methoxy groups -OCH3 is 1. The number of nitrogens with zero attached hydrogens (tertiary/aromatic N) is 1. The van der Waals surface area contributed by atoms with Crippen molar-refractivity contribution in [2.45, 2.75) is 20.0 Å². The Hall–Kier alpha value is -0.730. The van der Waals surface area contributed by atoms with Crippen LogP contribution in [0.2, 0.25) is 0 Å². The van der Waals surface area contributed by atoms with E-state index in [1.54, 1.807) is 18.9 Å². The quantitative estimate of drug-likeness (QED) is 0.459. The van der Waals surface area contributed by atoms with Crippen LogP contribution in [0.25, 0.3) is 0 Å². The Labute approximate surface area is 114 Å². The van der Waals surface area contributed by atoms with E-state index in [1.807, 2.05) is 0 Å². The number of hydrogen-bond acceptors (Lipinski definition) is 7. The largest absolute Gasteiger partial charge is 0.460 e. The van der Waals surface area contributed by atoms with Gasteiger partial charge in [0.05, 0.1) is 26.4 Å². The Kier molecular flexibility index (Phi) is 16.6. The highest BCUT2D eigenvalue weighted by Gasteiger charge is 2.02. The summed E-state index contributed by atoms with van der Waals surface area (Å²) in [4.78, 5) is 12.0. The second-order valence-corrected chi connectivity index (χ2v) is 3.89. The van der Waals surface area contributed by atoms with Gasteiger partial charge in [0.1, 0.15) is 6.10 Å². The first-order valence-electron chi connectivity index (χ1n) is 6.22. The molecule has 0 radical (unpaired) electrons. The van der Waals surface area contributed by atoms with Crippen LogP contribution in [0, 0.1) is 0 Å². The van der Waals surface area contributed by atoms with Gasteiger partial charge in [-0.1, -0.05) is 0 Å². The van der Waals surface area contributed by atoms with Crippen LogP contribution in [0.3, 0.4) is 0 Å². The average Bonchev–Trinajstić information content (AvgIpc) is 2.30. The maximum absolute atomic E-state index is 10.3. The predicted molar refractivity (Wildman–Crippen MR) is 70.8 cm³/mol. The van der Waals surface area contributed by atoms with Crippen molar-refractivity contribution < 1.29 is 29.6 Å². The van der Waals surface area contributed by atoms with Crippen molar-refractivity contribution >= 4 is 5.97 Å².